The zero-order chi connectivity index (χ0) is 28.9. The van der Waals surface area contributed by atoms with E-state index >= 15 is 0 Å². The van der Waals surface area contributed by atoms with Crippen molar-refractivity contribution in [1.29, 1.82) is 0 Å². The van der Waals surface area contributed by atoms with E-state index in [-0.39, 0.29) is 0 Å². The Morgan fingerprint density at radius 1 is 0.725 bits per heavy atom. The van der Waals surface area contributed by atoms with Crippen LogP contribution in [0.2, 0.25) is 0 Å². The van der Waals surface area contributed by atoms with Gasteiger partial charge in [-0.05, 0) is 110 Å². The number of rotatable bonds is 5. The van der Waals surface area contributed by atoms with E-state index in [0.29, 0.717) is 34.7 Å². The van der Waals surface area contributed by atoms with E-state index in [9.17, 15) is 9.90 Å². The molecule has 4 aliphatic rings. The number of aldehydes is 1. The lowest BCUT2D eigenvalue weighted by Gasteiger charge is -2.10. The Labute approximate surface area is 236 Å². The Bertz CT molecular complexity index is 1670. The first kappa shape index (κ1) is 27.5. The minimum absolute atomic E-state index is 0.483. The molecule has 2 N–H and O–H groups in total. The largest absolute Gasteiger partial charge is 0.515 e. The molecule has 0 saturated heterocycles. The molecule has 0 aliphatic carbocycles. The number of aromatic nitrogens is 1. The van der Waals surface area contributed by atoms with Crippen LogP contribution >= 0.6 is 0 Å². The molecule has 6 heteroatoms. The zero-order valence-corrected chi connectivity index (χ0v) is 24.8. The molecule has 0 atom stereocenters. The van der Waals surface area contributed by atoms with Crippen molar-refractivity contribution in [3.8, 4) is 0 Å². The molecular formula is C34H38N4O2. The Balaban J connectivity index is 1.92. The van der Waals surface area contributed by atoms with E-state index in [1.165, 1.54) is 11.1 Å². The smallest absolute Gasteiger partial charge is 0.154 e. The summed E-state index contributed by atoms with van der Waals surface area (Å²) in [4.78, 5) is 31.6. The highest BCUT2D eigenvalue weighted by Crippen LogP contribution is 2.40. The lowest BCUT2D eigenvalue weighted by Crippen LogP contribution is -2.14. The monoisotopic (exact) mass is 534 g/mol. The molecule has 1 aromatic heterocycles. The second-order valence-corrected chi connectivity index (χ2v) is 10.6. The molecule has 0 unspecified atom stereocenters. The van der Waals surface area contributed by atoms with Crippen LogP contribution in [0, 0.1) is 6.92 Å². The fraction of sp³-hybridized carbons (Fsp3) is 0.353. The lowest BCUT2D eigenvalue weighted by molar-refractivity contribution is -0.104. The topological polar surface area (TPSA) is 90.2 Å². The molecule has 8 bridgehead atoms. The minimum Gasteiger partial charge on any atom is -0.515 e. The van der Waals surface area contributed by atoms with E-state index in [1.54, 1.807) is 0 Å². The first-order chi connectivity index (χ1) is 19.2. The van der Waals surface area contributed by atoms with E-state index in [4.69, 9.17) is 15.0 Å². The average molecular weight is 535 g/mol. The first-order valence-corrected chi connectivity index (χ1v) is 14.3. The van der Waals surface area contributed by atoms with Gasteiger partial charge in [0.1, 0.15) is 0 Å². The SMILES string of the molecule is CCC1=C(C)C2=NC1=Cc1[nH]c(c(CC)c1C)C=C1N=C(C(C=O)=C3N=C(C(CC)=C3C)/C2=C/O)C(CC)=C1C. The number of carbonyl (C=O) groups excluding carboxylic acids is 1. The standard InChI is InChI=1S/C34H38N4O2/c1-9-21-17(5)27-13-30-22(10-2)19(7)31(37-30)25(15-39)34-24(12-4)20(8)32(38-34)26(16-40)33-23(11-3)18(6)28(36-33)14-29(21)35-27/h13-16,35,39H,9-12H2,1-8H3/b25-15+,28-14?,30-13?,32-26?. The van der Waals surface area contributed by atoms with Crippen LogP contribution in [0.1, 0.15) is 90.2 Å². The number of nitrogens with zero attached hydrogens (tertiary/aromatic N) is 3. The summed E-state index contributed by atoms with van der Waals surface area (Å²) in [6.07, 6.45) is 9.38. The molecule has 4 aliphatic heterocycles. The third-order valence-corrected chi connectivity index (χ3v) is 8.72. The normalized spacial score (nSPS) is 20.0. The van der Waals surface area contributed by atoms with Crippen LogP contribution in [-0.2, 0) is 11.2 Å². The van der Waals surface area contributed by atoms with Crippen LogP contribution in [-0.4, -0.2) is 33.5 Å². The van der Waals surface area contributed by atoms with Crippen LogP contribution in [0.5, 0.6) is 0 Å². The highest BCUT2D eigenvalue weighted by molar-refractivity contribution is 6.37. The van der Waals surface area contributed by atoms with Gasteiger partial charge in [-0.3, -0.25) is 4.79 Å². The van der Waals surface area contributed by atoms with Gasteiger partial charge in [0.15, 0.2) is 6.29 Å². The van der Waals surface area contributed by atoms with Gasteiger partial charge in [-0.25, -0.2) is 15.0 Å². The highest BCUT2D eigenvalue weighted by atomic mass is 16.2. The van der Waals surface area contributed by atoms with Crippen molar-refractivity contribution in [2.75, 3.05) is 0 Å². The zero-order valence-electron chi connectivity index (χ0n) is 24.8. The number of hydrogen-bond acceptors (Lipinski definition) is 5. The van der Waals surface area contributed by atoms with Crippen molar-refractivity contribution in [2.24, 2.45) is 15.0 Å². The number of aromatic amines is 1. The van der Waals surface area contributed by atoms with Gasteiger partial charge in [0.05, 0.1) is 51.6 Å². The molecule has 1 aromatic rings. The summed E-state index contributed by atoms with van der Waals surface area (Å²) in [5, 5.41) is 10.6. The van der Waals surface area contributed by atoms with Crippen LogP contribution < -0.4 is 0 Å². The summed E-state index contributed by atoms with van der Waals surface area (Å²) < 4.78 is 0. The maximum absolute atomic E-state index is 12.8. The number of hydrogen-bond donors (Lipinski definition) is 2. The summed E-state index contributed by atoms with van der Waals surface area (Å²) in [5.41, 5.74) is 16.2. The number of aliphatic imine (C=N–C) groups is 3. The Morgan fingerprint density at radius 3 is 1.95 bits per heavy atom. The molecule has 5 heterocycles. The predicted molar refractivity (Wildman–Crippen MR) is 166 cm³/mol. The van der Waals surface area contributed by atoms with Crippen molar-refractivity contribution in [3.63, 3.8) is 0 Å². The second kappa shape index (κ2) is 10.5. The lowest BCUT2D eigenvalue weighted by atomic mass is 9.91. The summed E-state index contributed by atoms with van der Waals surface area (Å²) >= 11 is 0. The maximum atomic E-state index is 12.8. The maximum Gasteiger partial charge on any atom is 0.154 e. The molecule has 0 radical (unpaired) electrons. The number of aliphatic hydroxyl groups is 1. The van der Waals surface area contributed by atoms with Crippen molar-refractivity contribution in [1.82, 2.24) is 4.98 Å². The molecule has 206 valence electrons. The van der Waals surface area contributed by atoms with Crippen LogP contribution in [0.15, 0.2) is 82.9 Å². The Hall–Kier alpha value is -4.06. The molecule has 0 saturated carbocycles. The summed E-state index contributed by atoms with van der Waals surface area (Å²) in [6.45, 7) is 16.8. The highest BCUT2D eigenvalue weighted by Gasteiger charge is 2.33. The number of carbonyl (C=O) groups is 1. The Morgan fingerprint density at radius 2 is 1.35 bits per heavy atom. The minimum atomic E-state index is 0.483. The number of H-pyrrole nitrogens is 1. The van der Waals surface area contributed by atoms with Crippen molar-refractivity contribution in [2.45, 2.75) is 81.1 Å². The van der Waals surface area contributed by atoms with Gasteiger partial charge in [0, 0.05) is 11.4 Å². The summed E-state index contributed by atoms with van der Waals surface area (Å²) in [6, 6.07) is 0. The van der Waals surface area contributed by atoms with Crippen LogP contribution in [0.3, 0.4) is 0 Å². The number of nitrogens with one attached hydrogen (secondary N) is 1. The number of aliphatic hydroxyl groups excluding tert-OH is 1. The average Bonchev–Trinajstić information content (AvgIpc) is 3.63. The molecule has 5 rings (SSSR count). The second-order valence-electron chi connectivity index (χ2n) is 10.6. The van der Waals surface area contributed by atoms with Gasteiger partial charge < -0.3 is 10.1 Å². The van der Waals surface area contributed by atoms with E-state index in [0.717, 1.165) is 93.7 Å². The van der Waals surface area contributed by atoms with E-state index in [2.05, 4.69) is 65.6 Å². The quantitative estimate of drug-likeness (QED) is 0.296. The molecular weight excluding hydrogens is 496 g/mol. The predicted octanol–water partition coefficient (Wildman–Crippen LogP) is 8.02. The molecule has 0 spiro atoms. The van der Waals surface area contributed by atoms with E-state index < -0.39 is 0 Å². The number of allylic oxidation sites excluding steroid dienone is 8. The van der Waals surface area contributed by atoms with E-state index in [1.807, 2.05) is 6.92 Å². The fourth-order valence-electron chi connectivity index (χ4n) is 6.47. The molecule has 0 fully saturated rings. The summed E-state index contributed by atoms with van der Waals surface area (Å²) in [7, 11) is 0. The van der Waals surface area contributed by atoms with Crippen LogP contribution in [0.25, 0.3) is 12.2 Å². The summed E-state index contributed by atoms with van der Waals surface area (Å²) in [5.74, 6) is 0. The third kappa shape index (κ3) is 4.00. The Kier molecular flexibility index (Phi) is 7.21. The molecule has 0 amide bonds. The van der Waals surface area contributed by atoms with Gasteiger partial charge in [-0.1, -0.05) is 27.7 Å². The van der Waals surface area contributed by atoms with Gasteiger partial charge >= 0.3 is 0 Å². The third-order valence-electron chi connectivity index (χ3n) is 8.72. The molecule has 0 aromatic carbocycles. The van der Waals surface area contributed by atoms with Crippen molar-refractivity contribution < 1.29 is 9.90 Å². The van der Waals surface area contributed by atoms with Gasteiger partial charge in [-0.2, -0.15) is 0 Å². The van der Waals surface area contributed by atoms with Crippen molar-refractivity contribution >= 4 is 35.6 Å². The molecule has 6 nitrogen and oxygen atoms in total. The van der Waals surface area contributed by atoms with Gasteiger partial charge in [0.2, 0.25) is 0 Å². The fourth-order valence-corrected chi connectivity index (χ4v) is 6.47. The first-order valence-electron chi connectivity index (χ1n) is 14.3. The van der Waals surface area contributed by atoms with Gasteiger partial charge in [0.25, 0.3) is 0 Å². The van der Waals surface area contributed by atoms with Gasteiger partial charge in [-0.15, -0.1) is 0 Å². The number of fused-ring (bicyclic) bond motifs is 5. The van der Waals surface area contributed by atoms with Crippen molar-refractivity contribution in [3.05, 3.63) is 90.5 Å². The molecule has 40 heavy (non-hydrogen) atoms. The van der Waals surface area contributed by atoms with Crippen LogP contribution in [0.4, 0.5) is 0 Å².